The number of nitrogens with zero attached hydrogens (tertiary/aromatic N) is 1. The number of carbonyl (C=O) groups excluding carboxylic acids is 2. The highest BCUT2D eigenvalue weighted by Gasteiger charge is 2.34. The summed E-state index contributed by atoms with van der Waals surface area (Å²) in [5.74, 6) is -0.644. The number of hydrogen-bond acceptors (Lipinski definition) is 4. The molecule has 0 bridgehead atoms. The van der Waals surface area contributed by atoms with Crippen LogP contribution in [0, 0.1) is 0 Å². The van der Waals surface area contributed by atoms with Gasteiger partial charge in [0.1, 0.15) is 0 Å². The molecule has 3 aromatic rings. The number of fused-ring (bicyclic) bond motifs is 3. The monoisotopic (exact) mass is 477 g/mol. The van der Waals surface area contributed by atoms with Crippen LogP contribution in [-0.2, 0) is 10.0 Å². The van der Waals surface area contributed by atoms with E-state index in [0.717, 1.165) is 6.42 Å². The molecule has 7 nitrogen and oxygen atoms in total. The first-order valence-electron chi connectivity index (χ1n) is 11.2. The van der Waals surface area contributed by atoms with Crippen molar-refractivity contribution in [3.8, 4) is 11.1 Å². The van der Waals surface area contributed by atoms with Gasteiger partial charge in [-0.2, -0.15) is 0 Å². The molecule has 1 aliphatic rings. The average molecular weight is 478 g/mol. The number of rotatable bonds is 6. The molecule has 0 unspecified atom stereocenters. The lowest BCUT2D eigenvalue weighted by Crippen LogP contribution is -2.34. The second-order valence-corrected chi connectivity index (χ2v) is 10.0. The number of benzene rings is 3. The molecule has 0 aliphatic carbocycles. The van der Waals surface area contributed by atoms with Crippen molar-refractivity contribution in [3.63, 3.8) is 0 Å². The van der Waals surface area contributed by atoms with Crippen LogP contribution < -0.4 is 14.9 Å². The molecule has 0 radical (unpaired) electrons. The van der Waals surface area contributed by atoms with Gasteiger partial charge in [-0.1, -0.05) is 37.3 Å². The largest absolute Gasteiger partial charge is 0.350 e. The molecular weight excluding hydrogens is 450 g/mol. The Balaban J connectivity index is 1.69. The van der Waals surface area contributed by atoms with Crippen molar-refractivity contribution in [1.82, 2.24) is 5.32 Å². The second kappa shape index (κ2) is 9.30. The first-order valence-corrected chi connectivity index (χ1v) is 12.7. The molecule has 0 saturated heterocycles. The topological polar surface area (TPSA) is 95.6 Å². The molecule has 176 valence electrons. The van der Waals surface area contributed by atoms with Gasteiger partial charge in [-0.15, -0.1) is 0 Å². The third kappa shape index (κ3) is 4.17. The van der Waals surface area contributed by atoms with E-state index < -0.39 is 10.0 Å². The zero-order valence-electron chi connectivity index (χ0n) is 19.3. The fourth-order valence-corrected chi connectivity index (χ4v) is 5.70. The summed E-state index contributed by atoms with van der Waals surface area (Å²) in [4.78, 5) is 26.1. The Morgan fingerprint density at radius 1 is 0.912 bits per heavy atom. The maximum absolute atomic E-state index is 13.2. The van der Waals surface area contributed by atoms with Crippen molar-refractivity contribution >= 4 is 33.2 Å². The minimum atomic E-state index is -3.67. The Labute approximate surface area is 199 Å². The summed E-state index contributed by atoms with van der Waals surface area (Å²) in [7, 11) is -3.67. The van der Waals surface area contributed by atoms with Crippen molar-refractivity contribution in [2.45, 2.75) is 38.1 Å². The van der Waals surface area contributed by atoms with Gasteiger partial charge in [0.15, 0.2) is 0 Å². The summed E-state index contributed by atoms with van der Waals surface area (Å²) in [6.45, 7) is 5.95. The molecule has 2 amide bonds. The maximum Gasteiger partial charge on any atom is 0.264 e. The Morgan fingerprint density at radius 2 is 1.62 bits per heavy atom. The van der Waals surface area contributed by atoms with Crippen molar-refractivity contribution in [2.24, 2.45) is 0 Å². The van der Waals surface area contributed by atoms with E-state index in [0.29, 0.717) is 33.6 Å². The van der Waals surface area contributed by atoms with Gasteiger partial charge >= 0.3 is 0 Å². The molecular formula is C26H27N3O4S. The zero-order chi connectivity index (χ0) is 24.5. The lowest BCUT2D eigenvalue weighted by Gasteiger charge is -2.31. The normalized spacial score (nSPS) is 14.5. The van der Waals surface area contributed by atoms with Gasteiger partial charge in [0.2, 0.25) is 0 Å². The summed E-state index contributed by atoms with van der Waals surface area (Å²) < 4.78 is 27.5. The minimum absolute atomic E-state index is 0.00904. The Kier molecular flexibility index (Phi) is 6.43. The molecule has 0 saturated carbocycles. The van der Waals surface area contributed by atoms with Gasteiger partial charge < -0.3 is 10.6 Å². The molecule has 8 heteroatoms. The molecule has 1 aliphatic heterocycles. The Bertz CT molecular complexity index is 1370. The van der Waals surface area contributed by atoms with Crippen LogP contribution in [0.4, 0.5) is 11.4 Å². The van der Waals surface area contributed by atoms with Crippen molar-refractivity contribution in [1.29, 1.82) is 0 Å². The molecule has 34 heavy (non-hydrogen) atoms. The van der Waals surface area contributed by atoms with Crippen LogP contribution in [0.5, 0.6) is 0 Å². The number of amides is 2. The summed E-state index contributed by atoms with van der Waals surface area (Å²) in [6.07, 6.45) is 0.793. The molecule has 1 atom stereocenters. The Hall–Kier alpha value is -3.65. The summed E-state index contributed by atoms with van der Waals surface area (Å²) >= 11 is 0. The van der Waals surface area contributed by atoms with E-state index in [9.17, 15) is 18.0 Å². The van der Waals surface area contributed by atoms with Crippen LogP contribution in [0.1, 0.15) is 47.9 Å². The van der Waals surface area contributed by atoms with Crippen LogP contribution in [0.3, 0.4) is 0 Å². The van der Waals surface area contributed by atoms with E-state index in [4.69, 9.17) is 0 Å². The number of nitrogens with one attached hydrogen (secondary N) is 2. The zero-order valence-corrected chi connectivity index (χ0v) is 20.1. The lowest BCUT2D eigenvalue weighted by molar-refractivity contribution is 0.0940. The highest BCUT2D eigenvalue weighted by atomic mass is 32.2. The fraction of sp³-hybridized carbons (Fsp3) is 0.231. The van der Waals surface area contributed by atoms with Crippen LogP contribution in [0.25, 0.3) is 11.1 Å². The minimum Gasteiger partial charge on any atom is -0.350 e. The third-order valence-electron chi connectivity index (χ3n) is 5.97. The van der Waals surface area contributed by atoms with Crippen LogP contribution in [-0.4, -0.2) is 32.8 Å². The summed E-state index contributed by atoms with van der Waals surface area (Å²) in [5.41, 5.74) is 2.91. The predicted molar refractivity (Wildman–Crippen MR) is 134 cm³/mol. The van der Waals surface area contributed by atoms with E-state index in [1.165, 1.54) is 4.31 Å². The standard InChI is InChI=1S/C26H27N3O4S/c1-4-17(3)27-26(31)20-11-6-8-12-22(20)28-25(30)18-14-15-23-21(16-18)19-10-7-9-13-24(19)34(32,33)29(23)5-2/h6-17H,4-5H2,1-3H3,(H,27,31)(H,28,30)/t17-/m1/s1. The molecule has 0 spiro atoms. The fourth-order valence-electron chi connectivity index (χ4n) is 4.00. The van der Waals surface area contributed by atoms with Crippen molar-refractivity contribution in [3.05, 3.63) is 77.9 Å². The quantitative estimate of drug-likeness (QED) is 0.540. The van der Waals surface area contributed by atoms with Crippen molar-refractivity contribution < 1.29 is 18.0 Å². The number of sulfonamides is 1. The van der Waals surface area contributed by atoms with E-state index in [-0.39, 0.29) is 29.3 Å². The van der Waals surface area contributed by atoms with Crippen molar-refractivity contribution in [2.75, 3.05) is 16.2 Å². The van der Waals surface area contributed by atoms with Crippen LogP contribution in [0.15, 0.2) is 71.6 Å². The van der Waals surface area contributed by atoms with Gasteiger partial charge in [-0.05, 0) is 56.7 Å². The van der Waals surface area contributed by atoms with Gasteiger partial charge in [0.05, 0.1) is 21.8 Å². The first-order chi connectivity index (χ1) is 16.3. The molecule has 2 N–H and O–H groups in total. The van der Waals surface area contributed by atoms with Crippen LogP contribution >= 0.6 is 0 Å². The summed E-state index contributed by atoms with van der Waals surface area (Å²) in [6, 6.07) is 18.6. The SMILES string of the molecule is CC[C@@H](C)NC(=O)c1ccccc1NC(=O)c1ccc2c(c1)-c1ccccc1S(=O)(=O)N2CC. The first kappa shape index (κ1) is 23.5. The van der Waals surface area contributed by atoms with Gasteiger partial charge in [-0.25, -0.2) is 8.42 Å². The maximum atomic E-state index is 13.2. The third-order valence-corrected chi connectivity index (χ3v) is 7.92. The number of carbonyl (C=O) groups is 2. The number of para-hydroxylation sites is 1. The van der Waals surface area contributed by atoms with Gasteiger partial charge in [0.25, 0.3) is 21.8 Å². The van der Waals surface area contributed by atoms with Gasteiger partial charge in [0, 0.05) is 29.3 Å². The van der Waals surface area contributed by atoms with Gasteiger partial charge in [-0.3, -0.25) is 13.9 Å². The molecule has 0 aromatic heterocycles. The smallest absolute Gasteiger partial charge is 0.264 e. The molecule has 1 heterocycles. The molecule has 0 fully saturated rings. The van der Waals surface area contributed by atoms with E-state index in [2.05, 4.69) is 10.6 Å². The molecule has 4 rings (SSSR count). The van der Waals surface area contributed by atoms with E-state index >= 15 is 0 Å². The number of anilines is 2. The second-order valence-electron chi connectivity index (χ2n) is 8.18. The summed E-state index contributed by atoms with van der Waals surface area (Å²) in [5, 5.41) is 5.76. The predicted octanol–water partition coefficient (Wildman–Crippen LogP) is 4.66. The molecule has 3 aromatic carbocycles. The number of hydrogen-bond donors (Lipinski definition) is 2. The average Bonchev–Trinajstić information content (AvgIpc) is 2.84. The van der Waals surface area contributed by atoms with E-state index in [1.807, 2.05) is 13.8 Å². The highest BCUT2D eigenvalue weighted by Crippen LogP contribution is 2.43. The Morgan fingerprint density at radius 3 is 2.35 bits per heavy atom. The van der Waals surface area contributed by atoms with Crippen LogP contribution in [0.2, 0.25) is 0 Å². The lowest BCUT2D eigenvalue weighted by atomic mass is 9.99. The highest BCUT2D eigenvalue weighted by molar-refractivity contribution is 7.93. The van der Waals surface area contributed by atoms with E-state index in [1.54, 1.807) is 73.7 Å².